The minimum atomic E-state index is -0.230. The molecule has 0 saturated carbocycles. The normalized spacial score (nSPS) is 20.8. The molecule has 2 aromatic rings. The van der Waals surface area contributed by atoms with Crippen molar-refractivity contribution in [1.29, 1.82) is 0 Å². The molecule has 30 heavy (non-hydrogen) atoms. The zero-order valence-corrected chi connectivity index (χ0v) is 17.9. The standard InChI is InChI=1S/C24H28FN3OS/c25-22-11-5-4-10-21(22)24-28(17-18-30-24)23(29)19-27-15-13-26(14-16-27)12-6-9-20-7-2-1-3-8-20/h1-11,24H,12-19H2/b9-6+/t24-/m1/s1. The lowest BCUT2D eigenvalue weighted by atomic mass is 10.2. The molecule has 2 heterocycles. The Balaban J connectivity index is 1.25. The average molecular weight is 426 g/mol. The van der Waals surface area contributed by atoms with Crippen molar-refractivity contribution < 1.29 is 9.18 Å². The first-order chi connectivity index (χ1) is 14.7. The lowest BCUT2D eigenvalue weighted by Gasteiger charge is -2.35. The summed E-state index contributed by atoms with van der Waals surface area (Å²) in [4.78, 5) is 19.4. The number of thioether (sulfide) groups is 1. The summed E-state index contributed by atoms with van der Waals surface area (Å²) in [5.74, 6) is 0.726. The average Bonchev–Trinajstić information content (AvgIpc) is 3.26. The van der Waals surface area contributed by atoms with Gasteiger partial charge in [0.1, 0.15) is 11.2 Å². The van der Waals surface area contributed by atoms with E-state index >= 15 is 0 Å². The fraction of sp³-hybridized carbons (Fsp3) is 0.375. The summed E-state index contributed by atoms with van der Waals surface area (Å²) >= 11 is 1.65. The van der Waals surface area contributed by atoms with E-state index < -0.39 is 0 Å². The largest absolute Gasteiger partial charge is 0.325 e. The number of rotatable bonds is 6. The lowest BCUT2D eigenvalue weighted by Crippen LogP contribution is -2.49. The van der Waals surface area contributed by atoms with Crippen molar-refractivity contribution in [3.63, 3.8) is 0 Å². The topological polar surface area (TPSA) is 26.8 Å². The van der Waals surface area contributed by atoms with Gasteiger partial charge in [-0.2, -0.15) is 0 Å². The summed E-state index contributed by atoms with van der Waals surface area (Å²) in [6.45, 7) is 5.71. The summed E-state index contributed by atoms with van der Waals surface area (Å²) < 4.78 is 14.2. The van der Waals surface area contributed by atoms with Crippen LogP contribution in [0.1, 0.15) is 16.5 Å². The Morgan fingerprint density at radius 3 is 2.43 bits per heavy atom. The van der Waals surface area contributed by atoms with Crippen LogP contribution in [0.3, 0.4) is 0 Å². The van der Waals surface area contributed by atoms with E-state index in [0.29, 0.717) is 18.7 Å². The highest BCUT2D eigenvalue weighted by atomic mass is 32.2. The van der Waals surface area contributed by atoms with Crippen LogP contribution in [0.4, 0.5) is 4.39 Å². The SMILES string of the molecule is O=C(CN1CCN(C/C=C/c2ccccc2)CC1)N1CCS[C@@H]1c1ccccc1F. The lowest BCUT2D eigenvalue weighted by molar-refractivity contribution is -0.133. The minimum absolute atomic E-state index is 0.102. The zero-order chi connectivity index (χ0) is 20.8. The molecule has 0 aromatic heterocycles. The smallest absolute Gasteiger partial charge is 0.237 e. The van der Waals surface area contributed by atoms with E-state index in [0.717, 1.165) is 38.5 Å². The molecule has 1 amide bonds. The van der Waals surface area contributed by atoms with Crippen molar-refractivity contribution in [2.45, 2.75) is 5.37 Å². The molecule has 2 aliphatic heterocycles. The van der Waals surface area contributed by atoms with Gasteiger partial charge in [-0.1, -0.05) is 60.7 Å². The highest BCUT2D eigenvalue weighted by Crippen LogP contribution is 2.38. The van der Waals surface area contributed by atoms with Crippen molar-refractivity contribution in [3.8, 4) is 0 Å². The molecule has 0 unspecified atom stereocenters. The molecule has 0 spiro atoms. The first-order valence-corrected chi connectivity index (χ1v) is 11.6. The van der Waals surface area contributed by atoms with Crippen molar-refractivity contribution in [1.82, 2.24) is 14.7 Å². The highest BCUT2D eigenvalue weighted by molar-refractivity contribution is 7.99. The minimum Gasteiger partial charge on any atom is -0.325 e. The molecular formula is C24H28FN3OS. The quantitative estimate of drug-likeness (QED) is 0.705. The maximum Gasteiger partial charge on any atom is 0.237 e. The fourth-order valence-corrected chi connectivity index (χ4v) is 5.27. The Labute approximate surface area is 182 Å². The van der Waals surface area contributed by atoms with Gasteiger partial charge in [-0.15, -0.1) is 11.8 Å². The predicted octanol–water partition coefficient (Wildman–Crippen LogP) is 3.73. The van der Waals surface area contributed by atoms with Crippen molar-refractivity contribution in [2.24, 2.45) is 0 Å². The van der Waals surface area contributed by atoms with E-state index in [1.54, 1.807) is 23.9 Å². The Bertz CT molecular complexity index is 868. The Hall–Kier alpha value is -2.15. The third kappa shape index (κ3) is 5.31. The number of piperazine rings is 1. The molecule has 0 aliphatic carbocycles. The number of halogens is 1. The molecule has 2 aliphatic rings. The maximum atomic E-state index is 14.2. The van der Waals surface area contributed by atoms with Gasteiger partial charge in [0.15, 0.2) is 0 Å². The van der Waals surface area contributed by atoms with Crippen molar-refractivity contribution >= 4 is 23.7 Å². The third-order valence-corrected chi connectivity index (χ3v) is 6.92. The van der Waals surface area contributed by atoms with Crippen LogP contribution in [0.25, 0.3) is 6.08 Å². The van der Waals surface area contributed by atoms with Crippen LogP contribution in [-0.4, -0.2) is 72.2 Å². The van der Waals surface area contributed by atoms with Gasteiger partial charge in [0.05, 0.1) is 6.54 Å². The molecule has 2 saturated heterocycles. The van der Waals surface area contributed by atoms with E-state index in [1.165, 1.54) is 11.6 Å². The van der Waals surface area contributed by atoms with E-state index in [1.807, 2.05) is 29.2 Å². The van der Waals surface area contributed by atoms with Crippen LogP contribution < -0.4 is 0 Å². The summed E-state index contributed by atoms with van der Waals surface area (Å²) in [6, 6.07) is 17.1. The Kier molecular flexibility index (Phi) is 7.20. The van der Waals surface area contributed by atoms with Crippen molar-refractivity contribution in [3.05, 3.63) is 77.6 Å². The first kappa shape index (κ1) is 21.1. The van der Waals surface area contributed by atoms with Crippen LogP contribution >= 0.6 is 11.8 Å². The first-order valence-electron chi connectivity index (χ1n) is 10.5. The summed E-state index contributed by atoms with van der Waals surface area (Å²) in [6.07, 6.45) is 4.36. The van der Waals surface area contributed by atoms with E-state index in [-0.39, 0.29) is 17.1 Å². The number of amides is 1. The Morgan fingerprint density at radius 1 is 0.967 bits per heavy atom. The fourth-order valence-electron chi connectivity index (χ4n) is 3.97. The molecule has 4 rings (SSSR count). The third-order valence-electron chi connectivity index (χ3n) is 5.68. The molecule has 0 bridgehead atoms. The number of nitrogens with zero attached hydrogens (tertiary/aromatic N) is 3. The number of carbonyl (C=O) groups excluding carboxylic acids is 1. The monoisotopic (exact) mass is 425 g/mol. The second kappa shape index (κ2) is 10.2. The molecule has 0 N–H and O–H groups in total. The maximum absolute atomic E-state index is 14.2. The van der Waals surface area contributed by atoms with E-state index in [2.05, 4.69) is 34.1 Å². The Morgan fingerprint density at radius 2 is 1.67 bits per heavy atom. The molecule has 2 fully saturated rings. The van der Waals surface area contributed by atoms with Crippen molar-refractivity contribution in [2.75, 3.05) is 51.6 Å². The van der Waals surface area contributed by atoms with Crippen LogP contribution in [0.2, 0.25) is 0 Å². The van der Waals surface area contributed by atoms with Crippen LogP contribution in [0, 0.1) is 5.82 Å². The number of hydrogen-bond donors (Lipinski definition) is 0. The van der Waals surface area contributed by atoms with E-state index in [4.69, 9.17) is 0 Å². The van der Waals surface area contributed by atoms with Gasteiger partial charge in [0.2, 0.25) is 5.91 Å². The van der Waals surface area contributed by atoms with Gasteiger partial charge < -0.3 is 4.90 Å². The second-order valence-corrected chi connectivity index (χ2v) is 8.91. The molecular weight excluding hydrogens is 397 g/mol. The van der Waals surface area contributed by atoms with Crippen LogP contribution in [-0.2, 0) is 4.79 Å². The molecule has 1 atom stereocenters. The number of carbonyl (C=O) groups is 1. The molecule has 6 heteroatoms. The zero-order valence-electron chi connectivity index (χ0n) is 17.1. The van der Waals surface area contributed by atoms with Gasteiger partial charge >= 0.3 is 0 Å². The number of benzene rings is 2. The molecule has 0 radical (unpaired) electrons. The van der Waals surface area contributed by atoms with Gasteiger partial charge in [0.25, 0.3) is 0 Å². The number of hydrogen-bond acceptors (Lipinski definition) is 4. The van der Waals surface area contributed by atoms with Crippen LogP contribution in [0.15, 0.2) is 60.7 Å². The van der Waals surface area contributed by atoms with Crippen LogP contribution in [0.5, 0.6) is 0 Å². The summed E-state index contributed by atoms with van der Waals surface area (Å²) in [5.41, 5.74) is 1.83. The molecule has 158 valence electrons. The summed E-state index contributed by atoms with van der Waals surface area (Å²) in [5, 5.41) is -0.205. The van der Waals surface area contributed by atoms with E-state index in [9.17, 15) is 9.18 Å². The highest BCUT2D eigenvalue weighted by Gasteiger charge is 2.33. The van der Waals surface area contributed by atoms with Gasteiger partial charge in [-0.25, -0.2) is 4.39 Å². The van der Waals surface area contributed by atoms with Gasteiger partial charge in [-0.3, -0.25) is 14.6 Å². The molecule has 4 nitrogen and oxygen atoms in total. The predicted molar refractivity (Wildman–Crippen MR) is 122 cm³/mol. The summed E-state index contributed by atoms with van der Waals surface area (Å²) in [7, 11) is 0. The second-order valence-electron chi connectivity index (χ2n) is 7.72. The molecule has 2 aromatic carbocycles. The van der Waals surface area contributed by atoms with Gasteiger partial charge in [0, 0.05) is 50.6 Å². The van der Waals surface area contributed by atoms with Gasteiger partial charge in [-0.05, 0) is 11.6 Å².